The quantitative estimate of drug-likeness (QED) is 0.551. The first-order chi connectivity index (χ1) is 16.4. The molecule has 0 unspecified atom stereocenters. The van der Waals surface area contributed by atoms with Gasteiger partial charge in [-0.15, -0.1) is 0 Å². The Hall–Kier alpha value is -3.30. The first kappa shape index (κ1) is 23.8. The fourth-order valence-corrected chi connectivity index (χ4v) is 4.41. The number of anilines is 1. The van der Waals surface area contributed by atoms with E-state index in [4.69, 9.17) is 4.74 Å². The van der Waals surface area contributed by atoms with E-state index in [2.05, 4.69) is 20.6 Å². The lowest BCUT2D eigenvalue weighted by atomic mass is 9.94. The van der Waals surface area contributed by atoms with Gasteiger partial charge in [0.05, 0.1) is 18.3 Å². The van der Waals surface area contributed by atoms with Crippen LogP contribution in [0.4, 0.5) is 19.4 Å². The number of aryl methyl sites for hydroxylation is 2. The van der Waals surface area contributed by atoms with Gasteiger partial charge in [0.15, 0.2) is 11.6 Å². The van der Waals surface area contributed by atoms with Crippen molar-refractivity contribution >= 4 is 11.8 Å². The van der Waals surface area contributed by atoms with Crippen molar-refractivity contribution in [1.29, 1.82) is 0 Å². The van der Waals surface area contributed by atoms with Gasteiger partial charge in [0, 0.05) is 51.3 Å². The van der Waals surface area contributed by atoms with E-state index >= 15 is 0 Å². The Balaban J connectivity index is 1.49. The highest BCUT2D eigenvalue weighted by molar-refractivity contribution is 5.89. The maximum Gasteiger partial charge on any atom is 0.320 e. The number of ether oxygens (including phenoxy) is 1. The minimum atomic E-state index is -0.894. The van der Waals surface area contributed by atoms with Gasteiger partial charge in [-0.25, -0.2) is 13.6 Å². The molecule has 3 aromatic rings. The van der Waals surface area contributed by atoms with Gasteiger partial charge in [-0.2, -0.15) is 5.10 Å². The number of nitrogens with one attached hydrogen (secondary N) is 2. The van der Waals surface area contributed by atoms with Gasteiger partial charge in [0.1, 0.15) is 5.82 Å². The molecule has 1 saturated heterocycles. The number of halogens is 2. The van der Waals surface area contributed by atoms with Crippen molar-refractivity contribution in [3.63, 3.8) is 0 Å². The smallest absolute Gasteiger partial charge is 0.320 e. The number of nitrogens with zero attached hydrogens (tertiary/aromatic N) is 3. The van der Waals surface area contributed by atoms with Crippen molar-refractivity contribution in [2.75, 3.05) is 38.7 Å². The summed E-state index contributed by atoms with van der Waals surface area (Å²) in [6, 6.07) is 13.0. The zero-order valence-electron chi connectivity index (χ0n) is 19.5. The van der Waals surface area contributed by atoms with Crippen LogP contribution in [0.25, 0.3) is 11.3 Å². The molecule has 2 atom stereocenters. The van der Waals surface area contributed by atoms with E-state index in [1.54, 1.807) is 24.9 Å². The summed E-state index contributed by atoms with van der Waals surface area (Å²) in [5, 5.41) is 10.4. The van der Waals surface area contributed by atoms with Crippen LogP contribution < -0.4 is 10.6 Å². The molecular formula is C25H29F2N5O2. The number of rotatable bonds is 7. The van der Waals surface area contributed by atoms with Crippen LogP contribution in [0.5, 0.6) is 0 Å². The molecule has 0 spiro atoms. The minimum Gasteiger partial charge on any atom is -0.383 e. The van der Waals surface area contributed by atoms with Crippen molar-refractivity contribution in [1.82, 2.24) is 20.0 Å². The summed E-state index contributed by atoms with van der Waals surface area (Å²) in [5.74, 6) is -1.42. The molecule has 1 aliphatic heterocycles. The molecule has 0 radical (unpaired) electrons. The van der Waals surface area contributed by atoms with Crippen LogP contribution in [0.1, 0.15) is 17.0 Å². The molecule has 2 aromatic carbocycles. The molecule has 1 aliphatic rings. The summed E-state index contributed by atoms with van der Waals surface area (Å²) < 4.78 is 34.2. The molecule has 0 aliphatic carbocycles. The van der Waals surface area contributed by atoms with E-state index in [-0.39, 0.29) is 18.0 Å². The Labute approximate surface area is 197 Å². The molecule has 9 heteroatoms. The topological polar surface area (TPSA) is 71.4 Å². The summed E-state index contributed by atoms with van der Waals surface area (Å²) in [4.78, 5) is 15.1. The number of methoxy groups -OCH3 is 1. The monoisotopic (exact) mass is 469 g/mol. The normalized spacial score (nSPS) is 18.3. The number of urea groups is 1. The van der Waals surface area contributed by atoms with Gasteiger partial charge in [-0.1, -0.05) is 30.3 Å². The predicted molar refractivity (Wildman–Crippen MR) is 127 cm³/mol. The third-order valence-corrected chi connectivity index (χ3v) is 6.24. The molecule has 1 aromatic heterocycles. The molecule has 2 amide bonds. The molecule has 2 heterocycles. The number of aromatic nitrogens is 2. The molecule has 7 nitrogen and oxygen atoms in total. The zero-order valence-corrected chi connectivity index (χ0v) is 19.5. The van der Waals surface area contributed by atoms with Gasteiger partial charge in [-0.3, -0.25) is 14.9 Å². The Morgan fingerprint density at radius 1 is 1.15 bits per heavy atom. The summed E-state index contributed by atoms with van der Waals surface area (Å²) in [7, 11) is 3.40. The maximum absolute atomic E-state index is 13.9. The second-order valence-electron chi connectivity index (χ2n) is 8.59. The Kier molecular flexibility index (Phi) is 7.23. The van der Waals surface area contributed by atoms with Gasteiger partial charge >= 0.3 is 6.03 Å². The highest BCUT2D eigenvalue weighted by Crippen LogP contribution is 2.29. The van der Waals surface area contributed by atoms with Gasteiger partial charge in [-0.05, 0) is 30.2 Å². The molecule has 34 heavy (non-hydrogen) atoms. The largest absolute Gasteiger partial charge is 0.383 e. The number of benzene rings is 2. The first-order valence-electron chi connectivity index (χ1n) is 11.2. The molecule has 180 valence electrons. The lowest BCUT2D eigenvalue weighted by Crippen LogP contribution is -2.42. The fourth-order valence-electron chi connectivity index (χ4n) is 4.41. The number of hydrogen-bond acceptors (Lipinski definition) is 4. The maximum atomic E-state index is 13.9. The highest BCUT2D eigenvalue weighted by atomic mass is 19.2. The van der Waals surface area contributed by atoms with Gasteiger partial charge in [0.2, 0.25) is 0 Å². The van der Waals surface area contributed by atoms with Crippen molar-refractivity contribution in [3.05, 3.63) is 71.3 Å². The SMILES string of the molecule is COCCN1C[C@@H](NC(=O)Nc2cc(-c3ccccc3C)nn2C)[C@H](c2ccc(F)c(F)c2)C1. The van der Waals surface area contributed by atoms with E-state index in [0.29, 0.717) is 37.6 Å². The predicted octanol–water partition coefficient (Wildman–Crippen LogP) is 3.91. The van der Waals surface area contributed by atoms with Gasteiger partial charge < -0.3 is 10.1 Å². The standard InChI is InChI=1S/C25H29F2N5O2/c1-16-6-4-5-7-18(16)22-13-24(31(2)30-22)29-25(33)28-23-15-32(10-11-34-3)14-19(23)17-8-9-20(26)21(27)12-17/h4-9,12-13,19,23H,10-11,14-15H2,1-3H3,(H2,28,29,33)/t19-,23+/m0/s1. The third-order valence-electron chi connectivity index (χ3n) is 6.24. The summed E-state index contributed by atoms with van der Waals surface area (Å²) in [5.41, 5.74) is 3.50. The second kappa shape index (κ2) is 10.3. The highest BCUT2D eigenvalue weighted by Gasteiger charge is 2.35. The summed E-state index contributed by atoms with van der Waals surface area (Å²) >= 11 is 0. The van der Waals surface area contributed by atoms with E-state index < -0.39 is 11.6 Å². The lowest BCUT2D eigenvalue weighted by molar-refractivity contribution is 0.159. The van der Waals surface area contributed by atoms with Crippen molar-refractivity contribution in [2.24, 2.45) is 7.05 Å². The van der Waals surface area contributed by atoms with Crippen LogP contribution >= 0.6 is 0 Å². The number of amides is 2. The summed E-state index contributed by atoms with van der Waals surface area (Å²) in [6.07, 6.45) is 0. The van der Waals surface area contributed by atoms with Crippen LogP contribution in [0.15, 0.2) is 48.5 Å². The molecule has 4 rings (SSSR count). The van der Waals surface area contributed by atoms with Crippen LogP contribution in [0.3, 0.4) is 0 Å². The number of hydrogen-bond donors (Lipinski definition) is 2. The Morgan fingerprint density at radius 3 is 2.68 bits per heavy atom. The molecule has 0 bridgehead atoms. The van der Waals surface area contributed by atoms with E-state index in [1.165, 1.54) is 6.07 Å². The second-order valence-corrected chi connectivity index (χ2v) is 8.59. The Morgan fingerprint density at radius 2 is 1.94 bits per heavy atom. The molecule has 2 N–H and O–H groups in total. The van der Waals surface area contributed by atoms with Crippen LogP contribution in [0.2, 0.25) is 0 Å². The van der Waals surface area contributed by atoms with Gasteiger partial charge in [0.25, 0.3) is 0 Å². The van der Waals surface area contributed by atoms with E-state index in [0.717, 1.165) is 22.9 Å². The zero-order chi connectivity index (χ0) is 24.2. The number of carbonyl (C=O) groups excluding carboxylic acids is 1. The molecule has 0 saturated carbocycles. The van der Waals surface area contributed by atoms with E-state index in [9.17, 15) is 13.6 Å². The van der Waals surface area contributed by atoms with Crippen LogP contribution in [-0.2, 0) is 11.8 Å². The molecular weight excluding hydrogens is 440 g/mol. The average Bonchev–Trinajstić information content (AvgIpc) is 3.37. The van der Waals surface area contributed by atoms with Crippen molar-refractivity contribution < 1.29 is 18.3 Å². The number of carbonyl (C=O) groups is 1. The first-order valence-corrected chi connectivity index (χ1v) is 11.2. The lowest BCUT2D eigenvalue weighted by Gasteiger charge is -2.20. The summed E-state index contributed by atoms with van der Waals surface area (Å²) in [6.45, 7) is 4.40. The minimum absolute atomic E-state index is 0.188. The third kappa shape index (κ3) is 5.26. The van der Waals surface area contributed by atoms with Crippen molar-refractivity contribution in [3.8, 4) is 11.3 Å². The fraction of sp³-hybridized carbons (Fsp3) is 0.360. The van der Waals surface area contributed by atoms with Crippen molar-refractivity contribution in [2.45, 2.75) is 18.9 Å². The van der Waals surface area contributed by atoms with Crippen LogP contribution in [-0.4, -0.2) is 60.1 Å². The van der Waals surface area contributed by atoms with E-state index in [1.807, 2.05) is 37.3 Å². The molecule has 1 fully saturated rings. The van der Waals surface area contributed by atoms with Crippen LogP contribution in [0, 0.1) is 18.6 Å². The average molecular weight is 470 g/mol. The Bertz CT molecular complexity index is 1170. The number of likely N-dealkylation sites (tertiary alicyclic amines) is 1.